The van der Waals surface area contributed by atoms with Crippen LogP contribution < -0.4 is 0 Å². The molecule has 21 heteroatoms. The summed E-state index contributed by atoms with van der Waals surface area (Å²) < 4.78 is 107. The molecular weight excluding hydrogens is 717 g/mol. The predicted octanol–water partition coefficient (Wildman–Crippen LogP) is 5.47. The Labute approximate surface area is 284 Å². The number of aliphatic carboxylic acids is 3. The number of hydrogen-bond donors (Lipinski definition) is 3. The van der Waals surface area contributed by atoms with Crippen molar-refractivity contribution in [1.82, 2.24) is 14.8 Å². The third-order valence-corrected chi connectivity index (χ3v) is 7.26. The fourth-order valence-electron chi connectivity index (χ4n) is 5.20. The minimum atomic E-state index is -5.08. The summed E-state index contributed by atoms with van der Waals surface area (Å²) in [5.74, 6) is -6.11. The molecular formula is C30H36F9N3O9. The van der Waals surface area contributed by atoms with Crippen LogP contribution in [-0.4, -0.2) is 105 Å². The molecule has 0 amide bonds. The lowest BCUT2D eigenvalue weighted by Gasteiger charge is -2.31. The van der Waals surface area contributed by atoms with Crippen molar-refractivity contribution >= 4 is 23.9 Å². The van der Waals surface area contributed by atoms with Crippen LogP contribution in [0.1, 0.15) is 42.7 Å². The van der Waals surface area contributed by atoms with Crippen molar-refractivity contribution in [3.8, 4) is 0 Å². The summed E-state index contributed by atoms with van der Waals surface area (Å²) in [4.78, 5) is 49.4. The standard InChI is InChI=1S/C24H33N3O3.3C2HF3O2/c1-4-29-23(28)24-11-6-12-26(16-22-10-9-19(3)30-22)13-20(24)14-27(17-24)15-21-8-5-7-18(2)25-21;3*3-2(4,5)1(6)7/h5,7-10,20H,4,6,11-17H2,1-3H3;3*(H,6,7)/t20-,24-;;;/m0.../s1. The largest absolute Gasteiger partial charge is 0.490 e. The zero-order valence-corrected chi connectivity index (χ0v) is 27.4. The summed E-state index contributed by atoms with van der Waals surface area (Å²) in [5.41, 5.74) is 1.67. The highest BCUT2D eigenvalue weighted by Crippen LogP contribution is 2.44. The molecule has 0 radical (unpaired) electrons. The van der Waals surface area contributed by atoms with Gasteiger partial charge < -0.3 is 24.5 Å². The van der Waals surface area contributed by atoms with Gasteiger partial charge in [0, 0.05) is 37.8 Å². The number of furan rings is 1. The predicted molar refractivity (Wildman–Crippen MR) is 156 cm³/mol. The molecule has 2 aliphatic heterocycles. The Kier molecular flexibility index (Phi) is 16.4. The second-order valence-electron chi connectivity index (χ2n) is 11.3. The molecule has 288 valence electrons. The van der Waals surface area contributed by atoms with Crippen LogP contribution in [0.5, 0.6) is 0 Å². The summed E-state index contributed by atoms with van der Waals surface area (Å²) in [6.07, 6.45) is -13.4. The van der Waals surface area contributed by atoms with Gasteiger partial charge in [-0.05, 0) is 64.4 Å². The molecule has 4 heterocycles. The van der Waals surface area contributed by atoms with Crippen LogP contribution in [0.15, 0.2) is 34.7 Å². The Morgan fingerprint density at radius 1 is 0.843 bits per heavy atom. The average molecular weight is 754 g/mol. The minimum absolute atomic E-state index is 0.0228. The van der Waals surface area contributed by atoms with Gasteiger partial charge in [-0.2, -0.15) is 39.5 Å². The number of carboxylic acids is 3. The summed E-state index contributed by atoms with van der Waals surface area (Å²) in [5, 5.41) is 21.4. The molecule has 0 saturated carbocycles. The number of aromatic nitrogens is 1. The molecule has 12 nitrogen and oxygen atoms in total. The first-order chi connectivity index (χ1) is 23.3. The Morgan fingerprint density at radius 3 is 1.78 bits per heavy atom. The van der Waals surface area contributed by atoms with E-state index in [1.165, 1.54) is 0 Å². The number of aryl methyl sites for hydroxylation is 2. The number of rotatable bonds is 6. The van der Waals surface area contributed by atoms with E-state index in [1.54, 1.807) is 0 Å². The highest BCUT2D eigenvalue weighted by Gasteiger charge is 2.54. The maximum Gasteiger partial charge on any atom is 0.490 e. The molecule has 51 heavy (non-hydrogen) atoms. The number of nitrogens with zero attached hydrogens (tertiary/aromatic N) is 3. The third-order valence-electron chi connectivity index (χ3n) is 7.26. The van der Waals surface area contributed by atoms with Gasteiger partial charge in [-0.3, -0.25) is 19.6 Å². The van der Waals surface area contributed by atoms with Crippen molar-refractivity contribution < 1.29 is 83.2 Å². The van der Waals surface area contributed by atoms with Crippen LogP contribution in [0.3, 0.4) is 0 Å². The monoisotopic (exact) mass is 753 g/mol. The number of halogens is 9. The average Bonchev–Trinajstić information content (AvgIpc) is 3.50. The topological polar surface area (TPSA) is 171 Å². The maximum absolute atomic E-state index is 13.2. The summed E-state index contributed by atoms with van der Waals surface area (Å²) in [6.45, 7) is 11.4. The van der Waals surface area contributed by atoms with E-state index in [-0.39, 0.29) is 11.9 Å². The van der Waals surface area contributed by atoms with E-state index in [0.717, 1.165) is 75.0 Å². The molecule has 2 atom stereocenters. The first-order valence-corrected chi connectivity index (χ1v) is 14.8. The Balaban J connectivity index is 0.000000505. The van der Waals surface area contributed by atoms with Crippen LogP contribution in [-0.2, 0) is 37.0 Å². The molecule has 2 aliphatic rings. The molecule has 4 rings (SSSR count). The van der Waals surface area contributed by atoms with Gasteiger partial charge >= 0.3 is 42.4 Å². The van der Waals surface area contributed by atoms with Gasteiger partial charge in [0.15, 0.2) is 0 Å². The van der Waals surface area contributed by atoms with E-state index in [0.29, 0.717) is 6.61 Å². The molecule has 0 unspecified atom stereocenters. The van der Waals surface area contributed by atoms with E-state index in [1.807, 2.05) is 32.9 Å². The first kappa shape index (κ1) is 44.6. The van der Waals surface area contributed by atoms with Crippen molar-refractivity contribution in [2.75, 3.05) is 32.8 Å². The highest BCUT2D eigenvalue weighted by molar-refractivity contribution is 5.78. The number of carbonyl (C=O) groups excluding carboxylic acids is 1. The zero-order valence-electron chi connectivity index (χ0n) is 27.4. The summed E-state index contributed by atoms with van der Waals surface area (Å²) in [7, 11) is 0. The number of carbonyl (C=O) groups is 4. The van der Waals surface area contributed by atoms with Crippen molar-refractivity contribution in [1.29, 1.82) is 0 Å². The normalized spacial score (nSPS) is 19.4. The van der Waals surface area contributed by atoms with E-state index in [9.17, 15) is 44.3 Å². The fraction of sp³-hybridized carbons (Fsp3) is 0.567. The van der Waals surface area contributed by atoms with Gasteiger partial charge in [0.05, 0.1) is 24.3 Å². The van der Waals surface area contributed by atoms with Gasteiger partial charge in [0.25, 0.3) is 0 Å². The van der Waals surface area contributed by atoms with Crippen LogP contribution in [0, 0.1) is 25.2 Å². The van der Waals surface area contributed by atoms with E-state index in [4.69, 9.17) is 38.9 Å². The van der Waals surface area contributed by atoms with Crippen molar-refractivity contribution in [3.63, 3.8) is 0 Å². The second kappa shape index (κ2) is 18.7. The van der Waals surface area contributed by atoms with Crippen molar-refractivity contribution in [2.24, 2.45) is 11.3 Å². The first-order valence-electron chi connectivity index (χ1n) is 14.8. The SMILES string of the molecule is CCOC(=O)[C@]12CCCN(Cc3ccc(C)o3)C[C@H]1CN(Cc1cccc(C)n1)C2.O=C(O)C(F)(F)F.O=C(O)C(F)(F)F.O=C(O)C(F)(F)F. The molecule has 3 N–H and O–H groups in total. The maximum atomic E-state index is 13.2. The summed E-state index contributed by atoms with van der Waals surface area (Å²) in [6, 6.07) is 10.2. The molecule has 2 aromatic heterocycles. The van der Waals surface area contributed by atoms with Crippen LogP contribution >= 0.6 is 0 Å². The third kappa shape index (κ3) is 15.2. The number of esters is 1. The number of carboxylic acid groups (broad SMARTS) is 3. The van der Waals surface area contributed by atoms with Crippen LogP contribution in [0.25, 0.3) is 0 Å². The number of likely N-dealkylation sites (tertiary alicyclic amines) is 2. The molecule has 2 aromatic rings. The van der Waals surface area contributed by atoms with E-state index < -0.39 is 41.9 Å². The van der Waals surface area contributed by atoms with Gasteiger partial charge in [-0.1, -0.05) is 6.07 Å². The lowest BCUT2D eigenvalue weighted by molar-refractivity contribution is -0.193. The fourth-order valence-corrected chi connectivity index (χ4v) is 5.20. The van der Waals surface area contributed by atoms with Gasteiger partial charge in [0.2, 0.25) is 0 Å². The van der Waals surface area contributed by atoms with Gasteiger partial charge in [-0.15, -0.1) is 0 Å². The number of hydrogen-bond acceptors (Lipinski definition) is 9. The number of alkyl halides is 9. The number of fused-ring (bicyclic) bond motifs is 1. The molecule has 0 spiro atoms. The highest BCUT2D eigenvalue weighted by atomic mass is 19.4. The molecule has 2 fully saturated rings. The molecule has 2 saturated heterocycles. The lowest BCUT2D eigenvalue weighted by Crippen LogP contribution is -2.42. The quantitative estimate of drug-likeness (QED) is 0.252. The molecule has 0 bridgehead atoms. The number of pyridine rings is 1. The minimum Gasteiger partial charge on any atom is -0.475 e. The Bertz CT molecular complexity index is 1410. The van der Waals surface area contributed by atoms with E-state index in [2.05, 4.69) is 33.0 Å². The van der Waals surface area contributed by atoms with Crippen LogP contribution in [0.4, 0.5) is 39.5 Å². The Morgan fingerprint density at radius 2 is 1.35 bits per heavy atom. The zero-order chi connectivity index (χ0) is 39.4. The molecule has 0 aromatic carbocycles. The van der Waals surface area contributed by atoms with E-state index >= 15 is 0 Å². The van der Waals surface area contributed by atoms with Gasteiger partial charge in [0.1, 0.15) is 11.5 Å². The smallest absolute Gasteiger partial charge is 0.475 e. The lowest BCUT2D eigenvalue weighted by atomic mass is 9.75. The van der Waals surface area contributed by atoms with Crippen molar-refractivity contribution in [2.45, 2.75) is 65.2 Å². The second-order valence-corrected chi connectivity index (χ2v) is 11.3. The Hall–Kier alpha value is -4.40. The summed E-state index contributed by atoms with van der Waals surface area (Å²) >= 11 is 0. The van der Waals surface area contributed by atoms with Gasteiger partial charge in [-0.25, -0.2) is 14.4 Å². The van der Waals surface area contributed by atoms with Crippen molar-refractivity contribution in [3.05, 3.63) is 53.2 Å². The van der Waals surface area contributed by atoms with Crippen LogP contribution in [0.2, 0.25) is 0 Å². The molecule has 0 aliphatic carbocycles. The number of ether oxygens (including phenoxy) is 1.